The van der Waals surface area contributed by atoms with E-state index < -0.39 is 0 Å². The second-order valence-electron chi connectivity index (χ2n) is 6.22. The molecule has 0 aromatic heterocycles. The molecule has 1 fully saturated rings. The van der Waals surface area contributed by atoms with Crippen LogP contribution in [0.2, 0.25) is 0 Å². The van der Waals surface area contributed by atoms with Crippen molar-refractivity contribution in [3.8, 4) is 5.75 Å². The van der Waals surface area contributed by atoms with E-state index in [1.165, 1.54) is 11.8 Å². The number of benzene rings is 2. The van der Waals surface area contributed by atoms with Crippen molar-refractivity contribution in [3.63, 3.8) is 0 Å². The molecular formula is C20H22BrNO3S. The lowest BCUT2D eigenvalue weighted by atomic mass is 9.82. The molecule has 1 aliphatic rings. The molecule has 2 aromatic rings. The molecule has 0 atom stereocenters. The van der Waals surface area contributed by atoms with Gasteiger partial charge in [0.25, 0.3) is 0 Å². The average Bonchev–Trinajstić information content (AvgIpc) is 2.67. The summed E-state index contributed by atoms with van der Waals surface area (Å²) in [5, 5.41) is 3.28. The number of nitrogens with one attached hydrogen (secondary N) is 1. The van der Waals surface area contributed by atoms with Crippen molar-refractivity contribution in [1.29, 1.82) is 0 Å². The Hall–Kier alpha value is -1.50. The number of halogens is 1. The van der Waals surface area contributed by atoms with Crippen LogP contribution in [-0.4, -0.2) is 32.0 Å². The predicted molar refractivity (Wildman–Crippen MR) is 108 cm³/mol. The number of hydrogen-bond donors (Lipinski definition) is 1. The van der Waals surface area contributed by atoms with Crippen LogP contribution in [0, 0.1) is 0 Å². The SMILES string of the molecule is COc1ccc(SCC(=O)NC2(c3cccc(Br)c3)CCOCC2)cc1. The molecule has 1 N–H and O–H groups in total. The van der Waals surface area contributed by atoms with Gasteiger partial charge in [-0.3, -0.25) is 4.79 Å². The van der Waals surface area contributed by atoms with Crippen molar-refractivity contribution in [2.45, 2.75) is 23.3 Å². The highest BCUT2D eigenvalue weighted by atomic mass is 79.9. The van der Waals surface area contributed by atoms with E-state index >= 15 is 0 Å². The predicted octanol–water partition coefficient (Wildman–Crippen LogP) is 4.37. The minimum Gasteiger partial charge on any atom is -0.497 e. The van der Waals surface area contributed by atoms with Crippen LogP contribution in [0.5, 0.6) is 5.75 Å². The van der Waals surface area contributed by atoms with Gasteiger partial charge in [0.2, 0.25) is 5.91 Å². The number of amides is 1. The maximum atomic E-state index is 12.7. The largest absolute Gasteiger partial charge is 0.497 e. The normalized spacial score (nSPS) is 16.1. The van der Waals surface area contributed by atoms with Crippen LogP contribution < -0.4 is 10.1 Å². The summed E-state index contributed by atoms with van der Waals surface area (Å²) in [5.74, 6) is 1.23. The summed E-state index contributed by atoms with van der Waals surface area (Å²) < 4.78 is 11.7. The van der Waals surface area contributed by atoms with E-state index in [2.05, 4.69) is 33.4 Å². The zero-order valence-electron chi connectivity index (χ0n) is 14.7. The Morgan fingerprint density at radius 2 is 1.96 bits per heavy atom. The number of hydrogen-bond acceptors (Lipinski definition) is 4. The van der Waals surface area contributed by atoms with Crippen LogP contribution in [0.3, 0.4) is 0 Å². The van der Waals surface area contributed by atoms with Crippen LogP contribution in [0.4, 0.5) is 0 Å². The summed E-state index contributed by atoms with van der Waals surface area (Å²) in [5.41, 5.74) is 0.762. The first kappa shape index (κ1) is 19.3. The molecule has 0 unspecified atom stereocenters. The van der Waals surface area contributed by atoms with Gasteiger partial charge < -0.3 is 14.8 Å². The van der Waals surface area contributed by atoms with Gasteiger partial charge in [0, 0.05) is 22.6 Å². The first-order valence-corrected chi connectivity index (χ1v) is 10.3. The Balaban J connectivity index is 1.67. The Bertz CT molecular complexity index is 745. The summed E-state index contributed by atoms with van der Waals surface area (Å²) in [6, 6.07) is 15.9. The van der Waals surface area contributed by atoms with Crippen molar-refractivity contribution in [2.75, 3.05) is 26.1 Å². The van der Waals surface area contributed by atoms with Gasteiger partial charge in [-0.25, -0.2) is 0 Å². The van der Waals surface area contributed by atoms with E-state index in [0.29, 0.717) is 19.0 Å². The number of rotatable bonds is 6. The van der Waals surface area contributed by atoms with Crippen LogP contribution in [0.15, 0.2) is 57.9 Å². The van der Waals surface area contributed by atoms with E-state index in [1.54, 1.807) is 7.11 Å². The molecule has 6 heteroatoms. The number of carbonyl (C=O) groups excluding carboxylic acids is 1. The third-order valence-corrected chi connectivity index (χ3v) is 6.04. The lowest BCUT2D eigenvalue weighted by Gasteiger charge is -2.38. The van der Waals surface area contributed by atoms with E-state index in [0.717, 1.165) is 33.5 Å². The molecule has 1 heterocycles. The molecule has 1 saturated heterocycles. The molecule has 1 aliphatic heterocycles. The monoisotopic (exact) mass is 435 g/mol. The first-order chi connectivity index (χ1) is 12.6. The van der Waals surface area contributed by atoms with Gasteiger partial charge in [0.1, 0.15) is 5.75 Å². The Kier molecular flexibility index (Phi) is 6.62. The zero-order valence-corrected chi connectivity index (χ0v) is 17.1. The highest BCUT2D eigenvalue weighted by Crippen LogP contribution is 2.34. The molecule has 0 bridgehead atoms. The van der Waals surface area contributed by atoms with Gasteiger partial charge in [0.15, 0.2) is 0 Å². The highest BCUT2D eigenvalue weighted by Gasteiger charge is 2.36. The molecule has 0 spiro atoms. The fraction of sp³-hybridized carbons (Fsp3) is 0.350. The molecule has 26 heavy (non-hydrogen) atoms. The number of methoxy groups -OCH3 is 1. The Morgan fingerprint density at radius 1 is 1.23 bits per heavy atom. The van der Waals surface area contributed by atoms with Crippen LogP contribution >= 0.6 is 27.7 Å². The van der Waals surface area contributed by atoms with Gasteiger partial charge in [-0.15, -0.1) is 11.8 Å². The molecule has 0 radical (unpaired) electrons. The van der Waals surface area contributed by atoms with E-state index in [9.17, 15) is 4.79 Å². The van der Waals surface area contributed by atoms with Gasteiger partial charge in [-0.05, 0) is 54.8 Å². The molecular weight excluding hydrogens is 414 g/mol. The molecule has 2 aromatic carbocycles. The second-order valence-corrected chi connectivity index (χ2v) is 8.18. The van der Waals surface area contributed by atoms with Crippen LogP contribution in [0.1, 0.15) is 18.4 Å². The first-order valence-electron chi connectivity index (χ1n) is 8.53. The zero-order chi connectivity index (χ0) is 18.4. The van der Waals surface area contributed by atoms with Crippen molar-refractivity contribution < 1.29 is 14.3 Å². The number of ether oxygens (including phenoxy) is 2. The summed E-state index contributed by atoms with van der Waals surface area (Å²) in [4.78, 5) is 13.7. The third kappa shape index (κ3) is 4.81. The second kappa shape index (κ2) is 8.93. The van der Waals surface area contributed by atoms with E-state index in [4.69, 9.17) is 9.47 Å². The topological polar surface area (TPSA) is 47.6 Å². The highest BCUT2D eigenvalue weighted by molar-refractivity contribution is 9.10. The molecule has 1 amide bonds. The molecule has 3 rings (SSSR count). The Morgan fingerprint density at radius 3 is 2.62 bits per heavy atom. The summed E-state index contributed by atoms with van der Waals surface area (Å²) in [6.45, 7) is 1.30. The fourth-order valence-corrected chi connectivity index (χ4v) is 4.21. The maximum Gasteiger partial charge on any atom is 0.231 e. The van der Waals surface area contributed by atoms with Crippen LogP contribution in [-0.2, 0) is 15.1 Å². The van der Waals surface area contributed by atoms with Crippen molar-refractivity contribution in [3.05, 3.63) is 58.6 Å². The van der Waals surface area contributed by atoms with Gasteiger partial charge in [-0.2, -0.15) is 0 Å². The standard InChI is InChI=1S/C20H22BrNO3S/c1-24-17-5-7-18(8-6-17)26-14-19(23)22-20(9-11-25-12-10-20)15-3-2-4-16(21)13-15/h2-8,13H,9-12,14H2,1H3,(H,22,23). The third-order valence-electron chi connectivity index (χ3n) is 4.53. The summed E-state index contributed by atoms with van der Waals surface area (Å²) >= 11 is 5.06. The number of carbonyl (C=O) groups is 1. The summed E-state index contributed by atoms with van der Waals surface area (Å²) in [6.07, 6.45) is 1.56. The van der Waals surface area contributed by atoms with Crippen LogP contribution in [0.25, 0.3) is 0 Å². The minimum atomic E-state index is -0.362. The van der Waals surface area contributed by atoms with Crippen molar-refractivity contribution in [1.82, 2.24) is 5.32 Å². The smallest absolute Gasteiger partial charge is 0.231 e. The fourth-order valence-electron chi connectivity index (χ4n) is 3.12. The molecule has 138 valence electrons. The Labute approximate surface area is 166 Å². The molecule has 0 aliphatic carbocycles. The molecule has 4 nitrogen and oxygen atoms in total. The van der Waals surface area contributed by atoms with Crippen molar-refractivity contribution >= 4 is 33.6 Å². The maximum absolute atomic E-state index is 12.7. The quantitative estimate of drug-likeness (QED) is 0.684. The van der Waals surface area contributed by atoms with Gasteiger partial charge in [0.05, 0.1) is 18.4 Å². The van der Waals surface area contributed by atoms with Gasteiger partial charge >= 0.3 is 0 Å². The lowest BCUT2D eigenvalue weighted by Crippen LogP contribution is -2.50. The van der Waals surface area contributed by atoms with E-state index in [1.807, 2.05) is 36.4 Å². The molecule has 0 saturated carbocycles. The van der Waals surface area contributed by atoms with E-state index in [-0.39, 0.29) is 11.4 Å². The minimum absolute atomic E-state index is 0.0349. The number of thioether (sulfide) groups is 1. The van der Waals surface area contributed by atoms with Gasteiger partial charge in [-0.1, -0.05) is 28.1 Å². The summed E-state index contributed by atoms with van der Waals surface area (Å²) in [7, 11) is 1.64. The average molecular weight is 436 g/mol. The van der Waals surface area contributed by atoms with Crippen molar-refractivity contribution in [2.24, 2.45) is 0 Å². The lowest BCUT2D eigenvalue weighted by molar-refractivity contribution is -0.121.